The van der Waals surface area contributed by atoms with Gasteiger partial charge in [-0.1, -0.05) is 26.0 Å². The van der Waals surface area contributed by atoms with Crippen molar-refractivity contribution >= 4 is 0 Å². The zero-order valence-corrected chi connectivity index (χ0v) is 13.1. The first kappa shape index (κ1) is 17.0. The number of aliphatic hydroxyl groups excluding tert-OH is 1. The van der Waals surface area contributed by atoms with Gasteiger partial charge in [0.25, 0.3) is 0 Å². The Morgan fingerprint density at radius 3 is 2.70 bits per heavy atom. The van der Waals surface area contributed by atoms with E-state index in [1.165, 1.54) is 5.56 Å². The predicted octanol–water partition coefficient (Wildman–Crippen LogP) is 1.73. The molecule has 4 nitrogen and oxygen atoms in total. The summed E-state index contributed by atoms with van der Waals surface area (Å²) in [4.78, 5) is 2.12. The van der Waals surface area contributed by atoms with Crippen LogP contribution in [-0.4, -0.2) is 49.9 Å². The van der Waals surface area contributed by atoms with Crippen LogP contribution in [0.5, 0.6) is 5.75 Å². The topological polar surface area (TPSA) is 44.7 Å². The molecule has 0 saturated heterocycles. The maximum atomic E-state index is 9.98. The lowest BCUT2D eigenvalue weighted by Crippen LogP contribution is -2.37. The summed E-state index contributed by atoms with van der Waals surface area (Å²) in [5.74, 6) is 1.48. The normalized spacial score (nSPS) is 12.9. The van der Waals surface area contributed by atoms with Gasteiger partial charge in [0.05, 0.1) is 13.2 Å². The third-order valence-corrected chi connectivity index (χ3v) is 3.04. The molecule has 0 aromatic heterocycles. The Morgan fingerprint density at radius 2 is 2.05 bits per heavy atom. The van der Waals surface area contributed by atoms with Gasteiger partial charge in [-0.25, -0.2) is 0 Å². The molecule has 0 bridgehead atoms. The summed E-state index contributed by atoms with van der Waals surface area (Å²) in [7, 11) is 3.69. The van der Waals surface area contributed by atoms with Crippen LogP contribution in [0.15, 0.2) is 24.3 Å². The van der Waals surface area contributed by atoms with Gasteiger partial charge in [0.2, 0.25) is 0 Å². The van der Waals surface area contributed by atoms with Gasteiger partial charge in [0, 0.05) is 19.6 Å². The Bertz CT molecular complexity index is 382. The molecule has 0 spiro atoms. The molecular weight excluding hydrogens is 252 g/mol. The highest BCUT2D eigenvalue weighted by molar-refractivity contribution is 5.28. The van der Waals surface area contributed by atoms with Crippen LogP contribution in [0.4, 0.5) is 0 Å². The lowest BCUT2D eigenvalue weighted by Gasteiger charge is -2.21. The van der Waals surface area contributed by atoms with E-state index in [1.807, 2.05) is 25.2 Å². The fraction of sp³-hybridized carbons (Fsp3) is 0.625. The number of aliphatic hydroxyl groups is 1. The van der Waals surface area contributed by atoms with Crippen molar-refractivity contribution in [2.24, 2.45) is 5.92 Å². The molecule has 0 aliphatic heterocycles. The van der Waals surface area contributed by atoms with Crippen molar-refractivity contribution in [1.82, 2.24) is 10.2 Å². The number of nitrogens with zero attached hydrogens (tertiary/aromatic N) is 1. The number of hydrogen-bond donors (Lipinski definition) is 2. The summed E-state index contributed by atoms with van der Waals surface area (Å²) in [6.45, 7) is 7.36. The lowest BCUT2D eigenvalue weighted by molar-refractivity contribution is 0.120. The molecule has 1 unspecified atom stereocenters. The number of likely N-dealkylation sites (N-methyl/N-ethyl adjacent to an activating group) is 1. The average molecular weight is 280 g/mol. The molecule has 114 valence electrons. The lowest BCUT2D eigenvalue weighted by atomic mass is 10.2. The van der Waals surface area contributed by atoms with E-state index in [4.69, 9.17) is 4.74 Å². The third kappa shape index (κ3) is 6.89. The fourth-order valence-electron chi connectivity index (χ4n) is 2.11. The zero-order valence-electron chi connectivity index (χ0n) is 13.1. The number of nitrogens with one attached hydrogen (secondary N) is 1. The van der Waals surface area contributed by atoms with Gasteiger partial charge < -0.3 is 15.2 Å². The van der Waals surface area contributed by atoms with Crippen LogP contribution in [0, 0.1) is 5.92 Å². The van der Waals surface area contributed by atoms with Crippen LogP contribution in [0.25, 0.3) is 0 Å². The third-order valence-electron chi connectivity index (χ3n) is 3.04. The molecule has 1 rings (SSSR count). The van der Waals surface area contributed by atoms with Gasteiger partial charge >= 0.3 is 0 Å². The van der Waals surface area contributed by atoms with Crippen LogP contribution < -0.4 is 10.1 Å². The molecule has 0 heterocycles. The molecule has 0 aliphatic rings. The molecule has 0 radical (unpaired) electrons. The maximum absolute atomic E-state index is 9.98. The van der Waals surface area contributed by atoms with Gasteiger partial charge in [-0.2, -0.15) is 0 Å². The standard InChI is InChI=1S/C16H28N2O2/c1-13(2)9-17-10-15(19)12-18(3)11-14-6-5-7-16(8-14)20-4/h5-8,13,15,17,19H,9-12H2,1-4H3. The summed E-state index contributed by atoms with van der Waals surface area (Å²) < 4.78 is 5.22. The minimum Gasteiger partial charge on any atom is -0.497 e. The van der Waals surface area contributed by atoms with Gasteiger partial charge in [0.1, 0.15) is 5.75 Å². The van der Waals surface area contributed by atoms with Crippen LogP contribution in [0.2, 0.25) is 0 Å². The molecule has 0 saturated carbocycles. The Kier molecular flexibility index (Phi) is 7.59. The number of ether oxygens (including phenoxy) is 1. The smallest absolute Gasteiger partial charge is 0.119 e. The minimum absolute atomic E-state index is 0.343. The van der Waals surface area contributed by atoms with Gasteiger partial charge in [-0.3, -0.25) is 4.90 Å². The van der Waals surface area contributed by atoms with Gasteiger partial charge in [-0.15, -0.1) is 0 Å². The van der Waals surface area contributed by atoms with Crippen LogP contribution >= 0.6 is 0 Å². The summed E-state index contributed by atoms with van der Waals surface area (Å²) in [5.41, 5.74) is 1.19. The predicted molar refractivity (Wildman–Crippen MR) is 83.0 cm³/mol. The molecule has 1 aromatic rings. The highest BCUT2D eigenvalue weighted by Gasteiger charge is 2.09. The van der Waals surface area contributed by atoms with E-state index in [-0.39, 0.29) is 6.10 Å². The molecule has 2 N–H and O–H groups in total. The molecular formula is C16H28N2O2. The van der Waals surface area contributed by atoms with Crippen molar-refractivity contribution in [2.75, 3.05) is 33.8 Å². The van der Waals surface area contributed by atoms with E-state index in [9.17, 15) is 5.11 Å². The summed E-state index contributed by atoms with van der Waals surface area (Å²) >= 11 is 0. The summed E-state index contributed by atoms with van der Waals surface area (Å²) in [6, 6.07) is 8.03. The maximum Gasteiger partial charge on any atom is 0.119 e. The number of hydrogen-bond acceptors (Lipinski definition) is 4. The number of methoxy groups -OCH3 is 1. The van der Waals surface area contributed by atoms with Crippen molar-refractivity contribution in [3.63, 3.8) is 0 Å². The van der Waals surface area contributed by atoms with Crippen molar-refractivity contribution in [1.29, 1.82) is 0 Å². The Morgan fingerprint density at radius 1 is 1.30 bits per heavy atom. The second-order valence-corrected chi connectivity index (χ2v) is 5.75. The van der Waals surface area contributed by atoms with E-state index in [1.54, 1.807) is 7.11 Å². The zero-order chi connectivity index (χ0) is 15.0. The Hall–Kier alpha value is -1.10. The van der Waals surface area contributed by atoms with Crippen molar-refractivity contribution in [3.8, 4) is 5.75 Å². The van der Waals surface area contributed by atoms with E-state index in [0.29, 0.717) is 19.0 Å². The minimum atomic E-state index is -0.343. The molecule has 0 aliphatic carbocycles. The molecule has 4 heteroatoms. The van der Waals surface area contributed by atoms with E-state index >= 15 is 0 Å². The molecule has 20 heavy (non-hydrogen) atoms. The first-order chi connectivity index (χ1) is 9.51. The number of benzene rings is 1. The largest absolute Gasteiger partial charge is 0.497 e. The molecule has 0 amide bonds. The Balaban J connectivity index is 2.32. The second-order valence-electron chi connectivity index (χ2n) is 5.75. The summed E-state index contributed by atoms with van der Waals surface area (Å²) in [6.07, 6.45) is -0.343. The van der Waals surface area contributed by atoms with E-state index in [2.05, 4.69) is 30.1 Å². The second kappa shape index (κ2) is 8.95. The SMILES string of the molecule is COc1cccc(CN(C)CC(O)CNCC(C)C)c1. The van der Waals surface area contributed by atoms with Crippen LogP contribution in [0.1, 0.15) is 19.4 Å². The Labute approximate surface area is 122 Å². The quantitative estimate of drug-likeness (QED) is 0.723. The first-order valence-electron chi connectivity index (χ1n) is 7.21. The number of rotatable bonds is 9. The monoisotopic (exact) mass is 280 g/mol. The van der Waals surface area contributed by atoms with Gasteiger partial charge in [-0.05, 0) is 37.2 Å². The average Bonchev–Trinajstić information content (AvgIpc) is 2.38. The van der Waals surface area contributed by atoms with Crippen molar-refractivity contribution in [3.05, 3.63) is 29.8 Å². The van der Waals surface area contributed by atoms with Crippen molar-refractivity contribution in [2.45, 2.75) is 26.5 Å². The highest BCUT2D eigenvalue weighted by Crippen LogP contribution is 2.13. The fourth-order valence-corrected chi connectivity index (χ4v) is 2.11. The van der Waals surface area contributed by atoms with E-state index < -0.39 is 0 Å². The van der Waals surface area contributed by atoms with Gasteiger partial charge in [0.15, 0.2) is 0 Å². The molecule has 0 fully saturated rings. The van der Waals surface area contributed by atoms with Crippen LogP contribution in [0.3, 0.4) is 0 Å². The first-order valence-corrected chi connectivity index (χ1v) is 7.21. The molecule has 1 atom stereocenters. The van der Waals surface area contributed by atoms with E-state index in [0.717, 1.165) is 18.8 Å². The van der Waals surface area contributed by atoms with Crippen molar-refractivity contribution < 1.29 is 9.84 Å². The van der Waals surface area contributed by atoms with Crippen LogP contribution in [-0.2, 0) is 6.54 Å². The molecule has 1 aromatic carbocycles. The summed E-state index contributed by atoms with van der Waals surface area (Å²) in [5, 5.41) is 13.3. The highest BCUT2D eigenvalue weighted by atomic mass is 16.5.